The summed E-state index contributed by atoms with van der Waals surface area (Å²) >= 11 is 0. The highest BCUT2D eigenvalue weighted by Gasteiger charge is 2.30. The van der Waals surface area contributed by atoms with Crippen LogP contribution in [0.5, 0.6) is 11.5 Å². The largest absolute Gasteiger partial charge is 0.497 e. The second-order valence-electron chi connectivity index (χ2n) is 4.88. The van der Waals surface area contributed by atoms with E-state index in [-0.39, 0.29) is 12.5 Å². The quantitative estimate of drug-likeness (QED) is 0.865. The number of carboxylic acid groups (broad SMARTS) is 1. The molecule has 0 aliphatic carbocycles. The van der Waals surface area contributed by atoms with Crippen LogP contribution in [0.3, 0.4) is 0 Å². The molecule has 1 aliphatic heterocycles. The van der Waals surface area contributed by atoms with Crippen molar-refractivity contribution in [2.24, 2.45) is 11.8 Å². The number of carbonyl (C=O) groups is 1. The van der Waals surface area contributed by atoms with Gasteiger partial charge < -0.3 is 19.3 Å². The number of ether oxygens (including phenoxy) is 3. The van der Waals surface area contributed by atoms with Gasteiger partial charge in [0.2, 0.25) is 0 Å². The SMILES string of the molecule is COc1ccc(OCC(C(=O)O)C2CCOCC2)cc1. The molecular weight excluding hydrogens is 260 g/mol. The van der Waals surface area contributed by atoms with Crippen molar-refractivity contribution in [3.63, 3.8) is 0 Å². The van der Waals surface area contributed by atoms with Crippen LogP contribution < -0.4 is 9.47 Å². The zero-order chi connectivity index (χ0) is 14.4. The van der Waals surface area contributed by atoms with Crippen LogP contribution in [0.2, 0.25) is 0 Å². The van der Waals surface area contributed by atoms with Crippen molar-refractivity contribution in [3.8, 4) is 11.5 Å². The topological polar surface area (TPSA) is 65.0 Å². The molecule has 0 amide bonds. The van der Waals surface area contributed by atoms with E-state index in [1.807, 2.05) is 0 Å². The number of methoxy groups -OCH3 is 1. The van der Waals surface area contributed by atoms with Crippen molar-refractivity contribution < 1.29 is 24.1 Å². The summed E-state index contributed by atoms with van der Waals surface area (Å²) in [6.07, 6.45) is 1.56. The molecular formula is C15H20O5. The van der Waals surface area contributed by atoms with Gasteiger partial charge in [-0.3, -0.25) is 4.79 Å². The standard InChI is InChI=1S/C15H20O5/c1-18-12-2-4-13(5-3-12)20-10-14(15(16)17)11-6-8-19-9-7-11/h2-5,11,14H,6-10H2,1H3,(H,16,17). The minimum Gasteiger partial charge on any atom is -0.497 e. The lowest BCUT2D eigenvalue weighted by Crippen LogP contribution is -2.33. The summed E-state index contributed by atoms with van der Waals surface area (Å²) in [5.74, 6) is 0.242. The van der Waals surface area contributed by atoms with Crippen molar-refractivity contribution in [2.75, 3.05) is 26.9 Å². The smallest absolute Gasteiger partial charge is 0.310 e. The Morgan fingerprint density at radius 1 is 1.30 bits per heavy atom. The molecule has 1 N–H and O–H groups in total. The molecule has 0 spiro atoms. The minimum atomic E-state index is -0.801. The number of hydrogen-bond acceptors (Lipinski definition) is 4. The van der Waals surface area contributed by atoms with Gasteiger partial charge in [0.25, 0.3) is 0 Å². The van der Waals surface area contributed by atoms with Gasteiger partial charge in [0.05, 0.1) is 13.0 Å². The normalized spacial score (nSPS) is 17.4. The van der Waals surface area contributed by atoms with Gasteiger partial charge in [-0.05, 0) is 43.0 Å². The maximum absolute atomic E-state index is 11.4. The van der Waals surface area contributed by atoms with Crippen LogP contribution in [-0.2, 0) is 9.53 Å². The summed E-state index contributed by atoms with van der Waals surface area (Å²) in [7, 11) is 1.60. The van der Waals surface area contributed by atoms with E-state index >= 15 is 0 Å². The number of rotatable bonds is 6. The highest BCUT2D eigenvalue weighted by molar-refractivity contribution is 5.70. The third-order valence-corrected chi connectivity index (χ3v) is 3.64. The molecule has 1 unspecified atom stereocenters. The van der Waals surface area contributed by atoms with Gasteiger partial charge in [-0.1, -0.05) is 0 Å². The Morgan fingerprint density at radius 3 is 2.45 bits per heavy atom. The first-order valence-corrected chi connectivity index (χ1v) is 6.78. The number of benzene rings is 1. The predicted octanol–water partition coefficient (Wildman–Crippen LogP) is 2.20. The average molecular weight is 280 g/mol. The van der Waals surface area contributed by atoms with E-state index in [9.17, 15) is 9.90 Å². The predicted molar refractivity (Wildman–Crippen MR) is 73.2 cm³/mol. The first kappa shape index (κ1) is 14.7. The van der Waals surface area contributed by atoms with E-state index < -0.39 is 11.9 Å². The first-order chi connectivity index (χ1) is 9.70. The Morgan fingerprint density at radius 2 is 1.90 bits per heavy atom. The Hall–Kier alpha value is -1.75. The van der Waals surface area contributed by atoms with E-state index in [0.29, 0.717) is 19.0 Å². The maximum Gasteiger partial charge on any atom is 0.310 e. The van der Waals surface area contributed by atoms with E-state index in [4.69, 9.17) is 14.2 Å². The summed E-state index contributed by atoms with van der Waals surface area (Å²) in [6, 6.07) is 7.14. The van der Waals surface area contributed by atoms with Gasteiger partial charge >= 0.3 is 5.97 Å². The first-order valence-electron chi connectivity index (χ1n) is 6.78. The summed E-state index contributed by atoms with van der Waals surface area (Å²) in [4.78, 5) is 11.4. The van der Waals surface area contributed by atoms with Crippen molar-refractivity contribution in [2.45, 2.75) is 12.8 Å². The third-order valence-electron chi connectivity index (χ3n) is 3.64. The van der Waals surface area contributed by atoms with Crippen LogP contribution in [0.4, 0.5) is 0 Å². The van der Waals surface area contributed by atoms with Gasteiger partial charge in [0.15, 0.2) is 0 Å². The molecule has 110 valence electrons. The minimum absolute atomic E-state index is 0.125. The van der Waals surface area contributed by atoms with Crippen molar-refractivity contribution in [3.05, 3.63) is 24.3 Å². The van der Waals surface area contributed by atoms with E-state index in [1.54, 1.807) is 31.4 Å². The molecule has 1 aromatic carbocycles. The fourth-order valence-electron chi connectivity index (χ4n) is 2.39. The van der Waals surface area contributed by atoms with Crippen LogP contribution in [0, 0.1) is 11.8 Å². The lowest BCUT2D eigenvalue weighted by Gasteiger charge is -2.27. The second kappa shape index (κ2) is 7.14. The lowest BCUT2D eigenvalue weighted by molar-refractivity contribution is -0.146. The molecule has 1 aliphatic rings. The Balaban J connectivity index is 1.92. The zero-order valence-corrected chi connectivity index (χ0v) is 11.6. The van der Waals surface area contributed by atoms with Gasteiger partial charge in [-0.25, -0.2) is 0 Å². The summed E-state index contributed by atoms with van der Waals surface area (Å²) in [6.45, 7) is 1.46. The van der Waals surface area contributed by atoms with Crippen LogP contribution in [0.25, 0.3) is 0 Å². The van der Waals surface area contributed by atoms with Crippen LogP contribution in [0.15, 0.2) is 24.3 Å². The Bertz CT molecular complexity index is 422. The average Bonchev–Trinajstić information content (AvgIpc) is 2.49. The third kappa shape index (κ3) is 3.87. The summed E-state index contributed by atoms with van der Waals surface area (Å²) in [5.41, 5.74) is 0. The molecule has 5 heteroatoms. The van der Waals surface area contributed by atoms with Crippen LogP contribution >= 0.6 is 0 Å². The number of aliphatic carboxylic acids is 1. The van der Waals surface area contributed by atoms with Gasteiger partial charge in [-0.2, -0.15) is 0 Å². The molecule has 0 saturated carbocycles. The maximum atomic E-state index is 11.4. The molecule has 1 fully saturated rings. The number of carboxylic acids is 1. The van der Waals surface area contributed by atoms with Crippen molar-refractivity contribution >= 4 is 5.97 Å². The van der Waals surface area contributed by atoms with E-state index in [0.717, 1.165) is 18.6 Å². The Kier molecular flexibility index (Phi) is 5.24. The molecule has 0 bridgehead atoms. The van der Waals surface area contributed by atoms with Crippen LogP contribution in [0.1, 0.15) is 12.8 Å². The molecule has 0 radical (unpaired) electrons. The zero-order valence-electron chi connectivity index (χ0n) is 11.6. The molecule has 0 aromatic heterocycles. The molecule has 2 rings (SSSR count). The molecule has 1 aromatic rings. The monoisotopic (exact) mass is 280 g/mol. The van der Waals surface area contributed by atoms with Crippen LogP contribution in [-0.4, -0.2) is 38.0 Å². The van der Waals surface area contributed by atoms with Gasteiger partial charge in [0.1, 0.15) is 18.1 Å². The molecule has 5 nitrogen and oxygen atoms in total. The van der Waals surface area contributed by atoms with Gasteiger partial charge in [-0.15, -0.1) is 0 Å². The molecule has 1 heterocycles. The second-order valence-corrected chi connectivity index (χ2v) is 4.88. The van der Waals surface area contributed by atoms with E-state index in [1.165, 1.54) is 0 Å². The van der Waals surface area contributed by atoms with Crippen molar-refractivity contribution in [1.82, 2.24) is 0 Å². The fourth-order valence-corrected chi connectivity index (χ4v) is 2.39. The highest BCUT2D eigenvalue weighted by atomic mass is 16.5. The molecule has 20 heavy (non-hydrogen) atoms. The van der Waals surface area contributed by atoms with Gasteiger partial charge in [0, 0.05) is 13.2 Å². The molecule has 1 saturated heterocycles. The van der Waals surface area contributed by atoms with E-state index in [2.05, 4.69) is 0 Å². The summed E-state index contributed by atoms with van der Waals surface area (Å²) < 4.78 is 15.9. The molecule has 1 atom stereocenters. The lowest BCUT2D eigenvalue weighted by atomic mass is 9.86. The van der Waals surface area contributed by atoms with Crippen molar-refractivity contribution in [1.29, 1.82) is 0 Å². The summed E-state index contributed by atoms with van der Waals surface area (Å²) in [5, 5.41) is 9.34. The fraction of sp³-hybridized carbons (Fsp3) is 0.533. The Labute approximate surface area is 118 Å². The number of hydrogen-bond donors (Lipinski definition) is 1. The highest BCUT2D eigenvalue weighted by Crippen LogP contribution is 2.25.